The quantitative estimate of drug-likeness (QED) is 0.776. The van der Waals surface area contributed by atoms with Gasteiger partial charge in [-0.15, -0.1) is 0 Å². The van der Waals surface area contributed by atoms with E-state index < -0.39 is 0 Å². The van der Waals surface area contributed by atoms with Gasteiger partial charge < -0.3 is 10.0 Å². The maximum Gasteiger partial charge on any atom is 0.170 e. The second-order valence-electron chi connectivity index (χ2n) is 2.39. The fourth-order valence-corrected chi connectivity index (χ4v) is 1.09. The molecule has 0 fully saturated rings. The normalized spacial score (nSPS) is 9.73. The molecule has 1 aromatic heterocycles. The summed E-state index contributed by atoms with van der Waals surface area (Å²) < 4.78 is 0.778. The van der Waals surface area contributed by atoms with Crippen LogP contribution in [0.15, 0.2) is 16.7 Å². The van der Waals surface area contributed by atoms with Gasteiger partial charge in [-0.1, -0.05) is 0 Å². The van der Waals surface area contributed by atoms with Crippen LogP contribution < -0.4 is 4.90 Å². The topological polar surface area (TPSA) is 36.4 Å². The van der Waals surface area contributed by atoms with Gasteiger partial charge in [0.25, 0.3) is 0 Å². The highest BCUT2D eigenvalue weighted by Gasteiger charge is 2.03. The highest BCUT2D eigenvalue weighted by atomic mass is 79.9. The molecule has 0 aliphatic rings. The van der Waals surface area contributed by atoms with Crippen LogP contribution in [0.5, 0.6) is 5.75 Å². The van der Waals surface area contributed by atoms with Crippen LogP contribution in [0.25, 0.3) is 0 Å². The zero-order chi connectivity index (χ0) is 8.43. The fraction of sp³-hybridized carbons (Fsp3) is 0.286. The van der Waals surface area contributed by atoms with Crippen LogP contribution in [0.1, 0.15) is 0 Å². The third-order valence-electron chi connectivity index (χ3n) is 1.24. The molecule has 0 aromatic carbocycles. The van der Waals surface area contributed by atoms with E-state index in [0.717, 1.165) is 4.47 Å². The number of pyridine rings is 1. The van der Waals surface area contributed by atoms with Crippen LogP contribution >= 0.6 is 15.9 Å². The molecule has 0 saturated carbocycles. The van der Waals surface area contributed by atoms with E-state index in [4.69, 9.17) is 0 Å². The Labute approximate surface area is 73.8 Å². The number of aromatic nitrogens is 1. The Hall–Kier alpha value is -0.770. The molecular weight excluding hydrogens is 208 g/mol. The Morgan fingerprint density at radius 2 is 2.18 bits per heavy atom. The summed E-state index contributed by atoms with van der Waals surface area (Å²) in [6.45, 7) is 0. The van der Waals surface area contributed by atoms with Crippen molar-refractivity contribution in [2.75, 3.05) is 19.0 Å². The number of hydrogen-bond acceptors (Lipinski definition) is 3. The second kappa shape index (κ2) is 3.09. The maximum absolute atomic E-state index is 9.33. The van der Waals surface area contributed by atoms with Crippen molar-refractivity contribution in [3.63, 3.8) is 0 Å². The molecule has 1 heterocycles. The minimum absolute atomic E-state index is 0.185. The molecule has 0 aliphatic heterocycles. The lowest BCUT2D eigenvalue weighted by Gasteiger charge is -2.11. The Kier molecular flexibility index (Phi) is 2.34. The number of rotatable bonds is 1. The monoisotopic (exact) mass is 216 g/mol. The molecule has 11 heavy (non-hydrogen) atoms. The first-order valence-electron chi connectivity index (χ1n) is 3.13. The molecule has 0 spiro atoms. The Balaban J connectivity index is 3.09. The van der Waals surface area contributed by atoms with Crippen LogP contribution in [0.2, 0.25) is 0 Å². The average molecular weight is 217 g/mol. The van der Waals surface area contributed by atoms with E-state index in [1.807, 2.05) is 14.1 Å². The van der Waals surface area contributed by atoms with Crippen LogP contribution in [0, 0.1) is 0 Å². The van der Waals surface area contributed by atoms with E-state index >= 15 is 0 Å². The lowest BCUT2D eigenvalue weighted by atomic mass is 10.4. The smallest absolute Gasteiger partial charge is 0.170 e. The van der Waals surface area contributed by atoms with Crippen molar-refractivity contribution < 1.29 is 5.11 Å². The first-order valence-corrected chi connectivity index (χ1v) is 3.92. The molecule has 0 aliphatic carbocycles. The van der Waals surface area contributed by atoms with Gasteiger partial charge >= 0.3 is 0 Å². The van der Waals surface area contributed by atoms with Gasteiger partial charge in [0.1, 0.15) is 0 Å². The van der Waals surface area contributed by atoms with Crippen molar-refractivity contribution in [2.45, 2.75) is 0 Å². The lowest BCUT2D eigenvalue weighted by Crippen LogP contribution is -2.10. The molecule has 0 bridgehead atoms. The molecule has 1 rings (SSSR count). The second-order valence-corrected chi connectivity index (χ2v) is 3.31. The molecule has 0 saturated heterocycles. The lowest BCUT2D eigenvalue weighted by molar-refractivity contribution is 0.472. The average Bonchev–Trinajstić information content (AvgIpc) is 1.85. The minimum atomic E-state index is 0.185. The molecule has 1 aromatic rings. The third kappa shape index (κ3) is 1.83. The van der Waals surface area contributed by atoms with Gasteiger partial charge in [-0.2, -0.15) is 0 Å². The summed E-state index contributed by atoms with van der Waals surface area (Å²) in [5.41, 5.74) is 0. The summed E-state index contributed by atoms with van der Waals surface area (Å²) in [7, 11) is 3.66. The predicted molar refractivity (Wildman–Crippen MR) is 47.9 cm³/mol. The van der Waals surface area contributed by atoms with Gasteiger partial charge in [-0.25, -0.2) is 4.98 Å². The standard InChI is InChI=1S/C7H9BrN2O/c1-10(2)7-6(11)3-5(8)4-9-7/h3-4,11H,1-2H3. The van der Waals surface area contributed by atoms with Gasteiger partial charge in [0, 0.05) is 24.8 Å². The first kappa shape index (κ1) is 8.33. The van der Waals surface area contributed by atoms with Crippen LogP contribution in [0.3, 0.4) is 0 Å². The maximum atomic E-state index is 9.33. The Bertz CT molecular complexity index is 263. The van der Waals surface area contributed by atoms with E-state index in [-0.39, 0.29) is 5.75 Å². The third-order valence-corrected chi connectivity index (χ3v) is 1.67. The van der Waals surface area contributed by atoms with E-state index in [9.17, 15) is 5.11 Å². The van der Waals surface area contributed by atoms with Gasteiger partial charge in [0.2, 0.25) is 0 Å². The molecule has 0 radical (unpaired) electrons. The van der Waals surface area contributed by atoms with Gasteiger partial charge in [-0.3, -0.25) is 0 Å². The molecular formula is C7H9BrN2O. The van der Waals surface area contributed by atoms with E-state index in [0.29, 0.717) is 5.82 Å². The molecule has 0 atom stereocenters. The molecule has 0 unspecified atom stereocenters. The van der Waals surface area contributed by atoms with Crippen molar-refractivity contribution in [1.29, 1.82) is 0 Å². The van der Waals surface area contributed by atoms with Gasteiger partial charge in [0.05, 0.1) is 0 Å². The zero-order valence-electron chi connectivity index (χ0n) is 6.37. The summed E-state index contributed by atoms with van der Waals surface area (Å²) in [5, 5.41) is 9.33. The fourth-order valence-electron chi connectivity index (χ4n) is 0.766. The number of aromatic hydroxyl groups is 1. The Morgan fingerprint density at radius 3 is 2.64 bits per heavy atom. The van der Waals surface area contributed by atoms with E-state index in [1.165, 1.54) is 0 Å². The van der Waals surface area contributed by atoms with Crippen LogP contribution in [0.4, 0.5) is 5.82 Å². The summed E-state index contributed by atoms with van der Waals surface area (Å²) in [4.78, 5) is 5.76. The van der Waals surface area contributed by atoms with Crippen molar-refractivity contribution in [3.8, 4) is 5.75 Å². The van der Waals surface area contributed by atoms with E-state index in [2.05, 4.69) is 20.9 Å². The van der Waals surface area contributed by atoms with E-state index in [1.54, 1.807) is 17.2 Å². The number of anilines is 1. The highest BCUT2D eigenvalue weighted by molar-refractivity contribution is 9.10. The minimum Gasteiger partial charge on any atom is -0.504 e. The van der Waals surface area contributed by atoms with Crippen molar-refractivity contribution in [1.82, 2.24) is 4.98 Å². The van der Waals surface area contributed by atoms with Crippen molar-refractivity contribution >= 4 is 21.7 Å². The van der Waals surface area contributed by atoms with Crippen molar-refractivity contribution in [3.05, 3.63) is 16.7 Å². The summed E-state index contributed by atoms with van der Waals surface area (Å²) in [5.74, 6) is 0.762. The summed E-state index contributed by atoms with van der Waals surface area (Å²) in [6.07, 6.45) is 1.65. The molecule has 60 valence electrons. The molecule has 4 heteroatoms. The number of hydrogen-bond donors (Lipinski definition) is 1. The largest absolute Gasteiger partial charge is 0.504 e. The first-order chi connectivity index (χ1) is 5.11. The molecule has 1 N–H and O–H groups in total. The number of nitrogens with zero attached hydrogens (tertiary/aromatic N) is 2. The van der Waals surface area contributed by atoms with Crippen LogP contribution in [-0.4, -0.2) is 24.2 Å². The number of halogens is 1. The molecule has 3 nitrogen and oxygen atoms in total. The van der Waals surface area contributed by atoms with Crippen molar-refractivity contribution in [2.24, 2.45) is 0 Å². The highest BCUT2D eigenvalue weighted by Crippen LogP contribution is 2.25. The molecule has 0 amide bonds. The summed E-state index contributed by atoms with van der Waals surface area (Å²) in [6, 6.07) is 1.61. The van der Waals surface area contributed by atoms with Gasteiger partial charge in [0.15, 0.2) is 11.6 Å². The SMILES string of the molecule is CN(C)c1ncc(Br)cc1O. The van der Waals surface area contributed by atoms with Crippen LogP contribution in [-0.2, 0) is 0 Å². The predicted octanol–water partition coefficient (Wildman–Crippen LogP) is 1.62. The van der Waals surface area contributed by atoms with Gasteiger partial charge in [-0.05, 0) is 22.0 Å². The zero-order valence-corrected chi connectivity index (χ0v) is 7.96. The Morgan fingerprint density at radius 1 is 1.55 bits per heavy atom. The summed E-state index contributed by atoms with van der Waals surface area (Å²) >= 11 is 3.20.